The number of nitriles is 1. The first-order chi connectivity index (χ1) is 25.4. The van der Waals surface area contributed by atoms with Gasteiger partial charge in [-0.3, -0.25) is 9.58 Å². The lowest BCUT2D eigenvalue weighted by atomic mass is 9.89. The number of ether oxygens (including phenoxy) is 4. The molecule has 1 unspecified atom stereocenters. The molecule has 1 aliphatic carbocycles. The SMILES string of the molecule is CC(Cn1cnnn1)Oc1cc(-c2cnc(Nc3cn(C4CCC(N5[C@@H]6CC[C@H]5COC6)CC4)nc3OCCCOCC(F)F)nc2)ccc1C#N. The second kappa shape index (κ2) is 16.7. The van der Waals surface area contributed by atoms with Gasteiger partial charge < -0.3 is 24.3 Å². The first-order valence-electron chi connectivity index (χ1n) is 17.9. The van der Waals surface area contributed by atoms with E-state index in [0.29, 0.717) is 59.9 Å². The first kappa shape index (κ1) is 35.6. The Morgan fingerprint density at radius 2 is 1.75 bits per heavy atom. The molecule has 3 atom stereocenters. The van der Waals surface area contributed by atoms with Crippen LogP contribution in [-0.4, -0.2) is 109 Å². The van der Waals surface area contributed by atoms with Crippen molar-refractivity contribution in [2.45, 2.75) is 95.1 Å². The summed E-state index contributed by atoms with van der Waals surface area (Å²) in [6.45, 7) is 3.78. The van der Waals surface area contributed by atoms with Gasteiger partial charge in [0.25, 0.3) is 12.3 Å². The number of hydrogen-bond donors (Lipinski definition) is 1. The zero-order chi connectivity index (χ0) is 35.9. The van der Waals surface area contributed by atoms with Crippen LogP contribution in [0.5, 0.6) is 11.6 Å². The monoisotopic (exact) mass is 719 g/mol. The number of halogens is 2. The number of anilines is 2. The van der Waals surface area contributed by atoms with Crippen LogP contribution >= 0.6 is 0 Å². The van der Waals surface area contributed by atoms with E-state index in [1.165, 1.54) is 19.2 Å². The highest BCUT2D eigenvalue weighted by Crippen LogP contribution is 2.39. The minimum Gasteiger partial charge on any atom is -0.487 e. The van der Waals surface area contributed by atoms with Crippen LogP contribution in [0.4, 0.5) is 20.4 Å². The second-order valence-corrected chi connectivity index (χ2v) is 13.5. The highest BCUT2D eigenvalue weighted by atomic mass is 19.3. The number of nitrogens with one attached hydrogen (secondary N) is 1. The molecule has 4 aromatic rings. The van der Waals surface area contributed by atoms with E-state index in [1.54, 1.807) is 29.2 Å². The van der Waals surface area contributed by atoms with Crippen molar-refractivity contribution in [3.05, 3.63) is 48.7 Å². The Bertz CT molecular complexity index is 1760. The molecular weight excluding hydrogens is 676 g/mol. The number of rotatable bonds is 16. The van der Waals surface area contributed by atoms with Gasteiger partial charge in [0.1, 0.15) is 36.5 Å². The van der Waals surface area contributed by atoms with Crippen molar-refractivity contribution in [1.82, 2.24) is 44.9 Å². The molecular formula is C35H43F2N11O4. The fourth-order valence-electron chi connectivity index (χ4n) is 7.47. The number of morpholine rings is 1. The van der Waals surface area contributed by atoms with Crippen molar-refractivity contribution in [3.8, 4) is 28.8 Å². The van der Waals surface area contributed by atoms with Crippen molar-refractivity contribution < 1.29 is 27.7 Å². The molecule has 3 aromatic heterocycles. The van der Waals surface area contributed by atoms with E-state index in [4.69, 9.17) is 24.0 Å². The third-order valence-electron chi connectivity index (χ3n) is 9.87. The first-order valence-corrected chi connectivity index (χ1v) is 17.9. The molecule has 276 valence electrons. The van der Waals surface area contributed by atoms with E-state index in [-0.39, 0.29) is 25.4 Å². The number of fused-ring (bicyclic) bond motifs is 2. The van der Waals surface area contributed by atoms with Crippen LogP contribution in [0, 0.1) is 11.3 Å². The molecule has 2 bridgehead atoms. The van der Waals surface area contributed by atoms with Crippen LogP contribution < -0.4 is 14.8 Å². The molecule has 3 fully saturated rings. The van der Waals surface area contributed by atoms with Gasteiger partial charge in [-0.1, -0.05) is 6.07 Å². The van der Waals surface area contributed by atoms with E-state index in [0.717, 1.165) is 50.0 Å². The molecule has 0 spiro atoms. The number of tetrazole rings is 1. The molecule has 17 heteroatoms. The van der Waals surface area contributed by atoms with Crippen molar-refractivity contribution in [1.29, 1.82) is 5.26 Å². The van der Waals surface area contributed by atoms with Gasteiger partial charge in [-0.05, 0) is 73.6 Å². The number of nitrogens with zero attached hydrogens (tertiary/aromatic N) is 10. The van der Waals surface area contributed by atoms with E-state index in [2.05, 4.69) is 41.8 Å². The molecule has 5 heterocycles. The van der Waals surface area contributed by atoms with Gasteiger partial charge in [-0.25, -0.2) is 23.4 Å². The van der Waals surface area contributed by atoms with Crippen molar-refractivity contribution >= 4 is 11.6 Å². The molecule has 1 saturated carbocycles. The molecule has 0 amide bonds. The van der Waals surface area contributed by atoms with E-state index in [1.807, 2.05) is 23.9 Å². The Balaban J connectivity index is 1.02. The average molecular weight is 720 g/mol. The molecule has 3 aliphatic rings. The van der Waals surface area contributed by atoms with Gasteiger partial charge in [-0.15, -0.1) is 10.2 Å². The number of hydrogen-bond acceptors (Lipinski definition) is 13. The number of aromatic nitrogens is 8. The fourth-order valence-corrected chi connectivity index (χ4v) is 7.47. The zero-order valence-corrected chi connectivity index (χ0v) is 29.1. The van der Waals surface area contributed by atoms with Crippen LogP contribution in [0.1, 0.15) is 63.5 Å². The van der Waals surface area contributed by atoms with Crippen LogP contribution in [0.3, 0.4) is 0 Å². The lowest BCUT2D eigenvalue weighted by Gasteiger charge is -2.43. The fraction of sp³-hybridized carbons (Fsp3) is 0.571. The Morgan fingerprint density at radius 1 is 1.00 bits per heavy atom. The standard InChI is InChI=1S/C35H43F2N11O4/c1-23(17-46-22-41-44-45-46)52-32-13-24(3-4-25(32)14-38)26-15-39-35(40-16-26)42-31-18-47(43-34(31)51-12-2-11-49-21-33(36)37)27-5-7-28(8-6-27)48-29-9-10-30(48)20-50-19-29/h3-4,13,15-16,18,22-23,27-30,33H,2,5-12,17,19-21H2,1H3,(H,39,40,42)/t23?,27?,28?,29-,30+. The topological polar surface area (TPSA) is 163 Å². The summed E-state index contributed by atoms with van der Waals surface area (Å²) in [6.07, 6.45) is 11.1. The van der Waals surface area contributed by atoms with E-state index < -0.39 is 13.0 Å². The van der Waals surface area contributed by atoms with Crippen molar-refractivity contribution in [3.63, 3.8) is 0 Å². The number of benzene rings is 1. The normalized spacial score (nSPS) is 22.3. The van der Waals surface area contributed by atoms with E-state index in [9.17, 15) is 14.0 Å². The summed E-state index contributed by atoms with van der Waals surface area (Å²) in [5.74, 6) is 1.17. The Kier molecular flexibility index (Phi) is 11.4. The smallest absolute Gasteiger partial charge is 0.261 e. The molecule has 52 heavy (non-hydrogen) atoms. The zero-order valence-electron chi connectivity index (χ0n) is 29.1. The van der Waals surface area contributed by atoms with Crippen LogP contribution in [0.25, 0.3) is 11.1 Å². The summed E-state index contributed by atoms with van der Waals surface area (Å²) in [5.41, 5.74) is 2.52. The predicted molar refractivity (Wildman–Crippen MR) is 183 cm³/mol. The Morgan fingerprint density at radius 3 is 2.46 bits per heavy atom. The maximum absolute atomic E-state index is 12.5. The second-order valence-electron chi connectivity index (χ2n) is 13.5. The highest BCUT2D eigenvalue weighted by molar-refractivity contribution is 5.67. The minimum absolute atomic E-state index is 0.159. The highest BCUT2D eigenvalue weighted by Gasteiger charge is 2.42. The lowest BCUT2D eigenvalue weighted by molar-refractivity contribution is -0.0458. The van der Waals surface area contributed by atoms with Crippen LogP contribution in [0.15, 0.2) is 43.1 Å². The molecule has 7 rings (SSSR count). The average Bonchev–Trinajstić information content (AvgIpc) is 3.87. The molecule has 1 N–H and O–H groups in total. The third kappa shape index (κ3) is 8.63. The van der Waals surface area contributed by atoms with Gasteiger partial charge in [0.2, 0.25) is 5.95 Å². The molecule has 0 radical (unpaired) electrons. The maximum atomic E-state index is 12.5. The predicted octanol–water partition coefficient (Wildman–Crippen LogP) is 4.81. The molecule has 15 nitrogen and oxygen atoms in total. The van der Waals surface area contributed by atoms with Gasteiger partial charge in [0.15, 0.2) is 0 Å². The quantitative estimate of drug-likeness (QED) is 0.157. The summed E-state index contributed by atoms with van der Waals surface area (Å²) in [4.78, 5) is 11.9. The van der Waals surface area contributed by atoms with Crippen molar-refractivity contribution in [2.75, 3.05) is 38.4 Å². The van der Waals surface area contributed by atoms with E-state index >= 15 is 0 Å². The van der Waals surface area contributed by atoms with Crippen LogP contribution in [-0.2, 0) is 16.0 Å². The Hall–Kier alpha value is -4.79. The summed E-state index contributed by atoms with van der Waals surface area (Å²) in [7, 11) is 0. The van der Waals surface area contributed by atoms with Gasteiger partial charge >= 0.3 is 0 Å². The molecule has 2 saturated heterocycles. The number of alkyl halides is 2. The third-order valence-corrected chi connectivity index (χ3v) is 9.87. The summed E-state index contributed by atoms with van der Waals surface area (Å²) >= 11 is 0. The Labute approximate surface area is 300 Å². The summed E-state index contributed by atoms with van der Waals surface area (Å²) in [5, 5.41) is 28.9. The molecule has 2 aliphatic heterocycles. The summed E-state index contributed by atoms with van der Waals surface area (Å²) < 4.78 is 51.4. The van der Waals surface area contributed by atoms with Gasteiger partial charge in [0, 0.05) is 42.5 Å². The minimum atomic E-state index is -2.50. The van der Waals surface area contributed by atoms with Crippen LogP contribution in [0.2, 0.25) is 0 Å². The van der Waals surface area contributed by atoms with Crippen molar-refractivity contribution in [2.24, 2.45) is 0 Å². The largest absolute Gasteiger partial charge is 0.487 e. The molecule has 1 aromatic carbocycles. The summed E-state index contributed by atoms with van der Waals surface area (Å²) in [6, 6.07) is 9.37. The maximum Gasteiger partial charge on any atom is 0.261 e. The lowest BCUT2D eigenvalue weighted by Crippen LogP contribution is -2.52. The van der Waals surface area contributed by atoms with Gasteiger partial charge in [0.05, 0.1) is 50.8 Å². The van der Waals surface area contributed by atoms with Gasteiger partial charge in [-0.2, -0.15) is 5.26 Å².